The zero-order chi connectivity index (χ0) is 15.4. The molecule has 1 heterocycles. The highest BCUT2D eigenvalue weighted by Crippen LogP contribution is 2.27. The number of hydrogen-bond acceptors (Lipinski definition) is 4. The molecule has 0 aliphatic heterocycles. The molecule has 0 spiro atoms. The first-order valence-corrected chi connectivity index (χ1v) is 7.25. The normalized spacial score (nSPS) is 10.4. The molecule has 0 bridgehead atoms. The predicted molar refractivity (Wildman–Crippen MR) is 87.8 cm³/mol. The molecular weight excluding hydrogens is 332 g/mol. The van der Waals surface area contributed by atoms with Gasteiger partial charge in [-0.3, -0.25) is 4.79 Å². The number of halogens is 1. The number of nitrogens with zero attached hydrogens (tertiary/aromatic N) is 2. The van der Waals surface area contributed by atoms with Crippen molar-refractivity contribution in [3.8, 4) is 0 Å². The molecule has 1 aromatic heterocycles. The molecule has 2 rings (SSSR count). The minimum absolute atomic E-state index is 0.0967. The van der Waals surface area contributed by atoms with E-state index in [1.54, 1.807) is 6.20 Å². The van der Waals surface area contributed by atoms with Gasteiger partial charge in [0.1, 0.15) is 5.82 Å². The molecule has 1 amide bonds. The fourth-order valence-corrected chi connectivity index (χ4v) is 2.47. The fourth-order valence-electron chi connectivity index (χ4n) is 1.98. The van der Waals surface area contributed by atoms with Crippen LogP contribution in [0.25, 0.3) is 0 Å². The van der Waals surface area contributed by atoms with Crippen LogP contribution in [-0.2, 0) is 11.3 Å². The number of rotatable bonds is 5. The van der Waals surface area contributed by atoms with Crippen LogP contribution in [-0.4, -0.2) is 17.4 Å². The second-order valence-corrected chi connectivity index (χ2v) is 5.62. The molecule has 0 saturated carbocycles. The summed E-state index contributed by atoms with van der Waals surface area (Å²) in [5.74, 6) is 0.297. The SMILES string of the molecule is Cc1ccnc(N(CC(N)=O)Cc2ccc(N)cc2)c1Br. The summed E-state index contributed by atoms with van der Waals surface area (Å²) in [5.41, 5.74) is 13.8. The summed E-state index contributed by atoms with van der Waals surface area (Å²) in [4.78, 5) is 17.5. The molecule has 2 aromatic rings. The van der Waals surface area contributed by atoms with Crippen LogP contribution in [0.1, 0.15) is 11.1 Å². The van der Waals surface area contributed by atoms with Gasteiger partial charge in [-0.05, 0) is 52.2 Å². The summed E-state index contributed by atoms with van der Waals surface area (Å²) in [5, 5.41) is 0. The van der Waals surface area contributed by atoms with E-state index >= 15 is 0 Å². The molecule has 0 atom stereocenters. The van der Waals surface area contributed by atoms with Crippen LogP contribution < -0.4 is 16.4 Å². The average molecular weight is 349 g/mol. The maximum absolute atomic E-state index is 11.3. The molecule has 4 N–H and O–H groups in total. The number of hydrogen-bond donors (Lipinski definition) is 2. The van der Waals surface area contributed by atoms with Gasteiger partial charge in [0.2, 0.25) is 5.91 Å². The number of anilines is 2. The number of pyridine rings is 1. The number of aromatic nitrogens is 1. The number of aryl methyl sites for hydroxylation is 1. The molecule has 0 aliphatic rings. The van der Waals surface area contributed by atoms with Crippen molar-refractivity contribution in [1.82, 2.24) is 4.98 Å². The van der Waals surface area contributed by atoms with Crippen molar-refractivity contribution in [2.24, 2.45) is 5.73 Å². The maximum atomic E-state index is 11.3. The van der Waals surface area contributed by atoms with E-state index < -0.39 is 5.91 Å². The molecular formula is C15H17BrN4O. The first kappa shape index (κ1) is 15.3. The highest BCUT2D eigenvalue weighted by molar-refractivity contribution is 9.10. The number of benzene rings is 1. The van der Waals surface area contributed by atoms with Gasteiger partial charge in [-0.1, -0.05) is 12.1 Å². The van der Waals surface area contributed by atoms with Gasteiger partial charge < -0.3 is 16.4 Å². The average Bonchev–Trinajstić information content (AvgIpc) is 2.43. The molecule has 21 heavy (non-hydrogen) atoms. The van der Waals surface area contributed by atoms with Gasteiger partial charge in [0.15, 0.2) is 0 Å². The van der Waals surface area contributed by atoms with Crippen LogP contribution in [0.3, 0.4) is 0 Å². The fraction of sp³-hybridized carbons (Fsp3) is 0.200. The third-order valence-electron chi connectivity index (χ3n) is 3.06. The van der Waals surface area contributed by atoms with E-state index in [2.05, 4.69) is 20.9 Å². The van der Waals surface area contributed by atoms with Gasteiger partial charge in [0.25, 0.3) is 0 Å². The number of primary amides is 1. The monoisotopic (exact) mass is 348 g/mol. The molecule has 0 radical (unpaired) electrons. The smallest absolute Gasteiger partial charge is 0.237 e. The van der Waals surface area contributed by atoms with Crippen LogP contribution >= 0.6 is 15.9 Å². The van der Waals surface area contributed by atoms with Gasteiger partial charge in [-0.15, -0.1) is 0 Å². The number of nitrogens with two attached hydrogens (primary N) is 2. The summed E-state index contributed by atoms with van der Waals surface area (Å²) < 4.78 is 0.863. The summed E-state index contributed by atoms with van der Waals surface area (Å²) >= 11 is 3.52. The lowest BCUT2D eigenvalue weighted by atomic mass is 10.2. The summed E-state index contributed by atoms with van der Waals surface area (Å²) in [6.07, 6.45) is 1.71. The quantitative estimate of drug-likeness (QED) is 0.811. The zero-order valence-electron chi connectivity index (χ0n) is 11.7. The van der Waals surface area contributed by atoms with Crippen LogP contribution in [0, 0.1) is 6.92 Å². The minimum atomic E-state index is -0.402. The molecule has 0 unspecified atom stereocenters. The molecule has 0 fully saturated rings. The van der Waals surface area contributed by atoms with Crippen molar-refractivity contribution in [2.45, 2.75) is 13.5 Å². The molecule has 6 heteroatoms. The lowest BCUT2D eigenvalue weighted by Crippen LogP contribution is -2.34. The predicted octanol–water partition coefficient (Wildman–Crippen LogP) is 2.23. The highest BCUT2D eigenvalue weighted by atomic mass is 79.9. The first-order valence-electron chi connectivity index (χ1n) is 6.46. The zero-order valence-corrected chi connectivity index (χ0v) is 13.3. The van der Waals surface area contributed by atoms with E-state index in [4.69, 9.17) is 11.5 Å². The van der Waals surface area contributed by atoms with Crippen molar-refractivity contribution < 1.29 is 4.79 Å². The second-order valence-electron chi connectivity index (χ2n) is 4.83. The minimum Gasteiger partial charge on any atom is -0.399 e. The van der Waals surface area contributed by atoms with Crippen LogP contribution in [0.2, 0.25) is 0 Å². The third kappa shape index (κ3) is 3.95. The summed E-state index contributed by atoms with van der Waals surface area (Å²) in [7, 11) is 0. The van der Waals surface area contributed by atoms with E-state index in [1.165, 1.54) is 0 Å². The number of carbonyl (C=O) groups excluding carboxylic acids is 1. The van der Waals surface area contributed by atoms with Crippen LogP contribution in [0.5, 0.6) is 0 Å². The van der Waals surface area contributed by atoms with Crippen molar-refractivity contribution in [3.63, 3.8) is 0 Å². The lowest BCUT2D eigenvalue weighted by Gasteiger charge is -2.24. The third-order valence-corrected chi connectivity index (χ3v) is 4.04. The number of carbonyl (C=O) groups is 1. The Balaban J connectivity index is 2.32. The van der Waals surface area contributed by atoms with Gasteiger partial charge >= 0.3 is 0 Å². The Morgan fingerprint density at radius 1 is 1.29 bits per heavy atom. The van der Waals surface area contributed by atoms with Crippen LogP contribution in [0.15, 0.2) is 41.0 Å². The Bertz CT molecular complexity index is 643. The lowest BCUT2D eigenvalue weighted by molar-refractivity contribution is -0.116. The Morgan fingerprint density at radius 3 is 2.57 bits per heavy atom. The van der Waals surface area contributed by atoms with E-state index in [9.17, 15) is 4.79 Å². The van der Waals surface area contributed by atoms with Crippen molar-refractivity contribution in [3.05, 3.63) is 52.1 Å². The van der Waals surface area contributed by atoms with Crippen molar-refractivity contribution in [2.75, 3.05) is 17.2 Å². The molecule has 0 saturated heterocycles. The second kappa shape index (κ2) is 6.58. The molecule has 5 nitrogen and oxygen atoms in total. The van der Waals surface area contributed by atoms with E-state index in [0.717, 1.165) is 15.6 Å². The summed E-state index contributed by atoms with van der Waals surface area (Å²) in [6.45, 7) is 2.60. The van der Waals surface area contributed by atoms with Crippen LogP contribution in [0.4, 0.5) is 11.5 Å². The van der Waals surface area contributed by atoms with Gasteiger partial charge in [-0.2, -0.15) is 0 Å². The number of amides is 1. The topological polar surface area (TPSA) is 85.2 Å². The Kier molecular flexibility index (Phi) is 4.80. The first-order chi connectivity index (χ1) is 9.97. The number of nitrogen functional groups attached to an aromatic ring is 1. The molecule has 110 valence electrons. The van der Waals surface area contributed by atoms with E-state index in [0.29, 0.717) is 18.1 Å². The Morgan fingerprint density at radius 2 is 1.95 bits per heavy atom. The largest absolute Gasteiger partial charge is 0.399 e. The highest BCUT2D eigenvalue weighted by Gasteiger charge is 2.15. The van der Waals surface area contributed by atoms with Crippen molar-refractivity contribution >= 4 is 33.3 Å². The van der Waals surface area contributed by atoms with Crippen molar-refractivity contribution in [1.29, 1.82) is 0 Å². The van der Waals surface area contributed by atoms with Gasteiger partial charge in [-0.25, -0.2) is 4.98 Å². The van der Waals surface area contributed by atoms with E-state index in [1.807, 2.05) is 42.2 Å². The summed E-state index contributed by atoms with van der Waals surface area (Å²) in [6, 6.07) is 9.41. The molecule has 1 aromatic carbocycles. The van der Waals surface area contributed by atoms with Gasteiger partial charge in [0.05, 0.1) is 11.0 Å². The Hall–Kier alpha value is -2.08. The molecule has 0 aliphatic carbocycles. The van der Waals surface area contributed by atoms with Gasteiger partial charge in [0, 0.05) is 18.4 Å². The van der Waals surface area contributed by atoms with E-state index in [-0.39, 0.29) is 6.54 Å². The maximum Gasteiger partial charge on any atom is 0.237 e. The Labute approximate surface area is 132 Å². The standard InChI is InChI=1S/C15H17BrN4O/c1-10-6-7-19-15(14(10)16)20(9-13(18)21)8-11-2-4-12(17)5-3-11/h2-7H,8-9,17H2,1H3,(H2,18,21).